The van der Waals surface area contributed by atoms with Gasteiger partial charge in [-0.1, -0.05) is 25.5 Å². The number of nitrogens with one attached hydrogen (secondary N) is 1. The van der Waals surface area contributed by atoms with Gasteiger partial charge in [-0.25, -0.2) is 0 Å². The van der Waals surface area contributed by atoms with Crippen LogP contribution in [0.15, 0.2) is 11.6 Å². The highest BCUT2D eigenvalue weighted by atomic mass is 16.1. The van der Waals surface area contributed by atoms with Gasteiger partial charge in [0.05, 0.1) is 5.54 Å². The quantitative estimate of drug-likeness (QED) is 0.521. The van der Waals surface area contributed by atoms with E-state index in [2.05, 4.69) is 46.0 Å². The Kier molecular flexibility index (Phi) is 7.46. The summed E-state index contributed by atoms with van der Waals surface area (Å²) in [5.41, 5.74) is 0.973. The minimum absolute atomic E-state index is 0.0877. The number of allylic oxidation sites excluding steroid dienone is 2. The van der Waals surface area contributed by atoms with Gasteiger partial charge >= 0.3 is 0 Å². The van der Waals surface area contributed by atoms with Gasteiger partial charge in [0.15, 0.2) is 5.78 Å². The van der Waals surface area contributed by atoms with Crippen molar-refractivity contribution in [1.82, 2.24) is 5.32 Å². The smallest absolute Gasteiger partial charge is 0.155 e. The maximum absolute atomic E-state index is 12.4. The summed E-state index contributed by atoms with van der Waals surface area (Å²) in [6, 6.07) is 0.334. The third-order valence-corrected chi connectivity index (χ3v) is 3.11. The second-order valence-electron chi connectivity index (χ2n) is 6.32. The molecule has 0 saturated heterocycles. The fourth-order valence-corrected chi connectivity index (χ4v) is 2.39. The van der Waals surface area contributed by atoms with Crippen molar-refractivity contribution in [2.24, 2.45) is 5.92 Å². The SMILES string of the molecule is CC(C)=CCCC[C@](C)(NC(C)C)C(=O)C(C)C. The van der Waals surface area contributed by atoms with Gasteiger partial charge in [-0.2, -0.15) is 0 Å². The van der Waals surface area contributed by atoms with E-state index in [4.69, 9.17) is 0 Å². The lowest BCUT2D eigenvalue weighted by Crippen LogP contribution is -2.53. The van der Waals surface area contributed by atoms with E-state index < -0.39 is 0 Å². The molecule has 0 rings (SSSR count). The molecular weight excluding hydrogens is 222 g/mol. The van der Waals surface area contributed by atoms with E-state index in [9.17, 15) is 4.79 Å². The van der Waals surface area contributed by atoms with Crippen LogP contribution in [0.2, 0.25) is 0 Å². The third kappa shape index (κ3) is 6.34. The van der Waals surface area contributed by atoms with Gasteiger partial charge < -0.3 is 5.32 Å². The largest absolute Gasteiger partial charge is 0.303 e. The number of hydrogen-bond acceptors (Lipinski definition) is 2. The summed E-state index contributed by atoms with van der Waals surface area (Å²) in [5, 5.41) is 3.46. The molecule has 0 heterocycles. The van der Waals surface area contributed by atoms with Gasteiger partial charge in [0, 0.05) is 12.0 Å². The van der Waals surface area contributed by atoms with Crippen LogP contribution in [0.5, 0.6) is 0 Å². The van der Waals surface area contributed by atoms with Crippen molar-refractivity contribution in [2.45, 2.75) is 79.3 Å². The van der Waals surface area contributed by atoms with Gasteiger partial charge in [0.2, 0.25) is 0 Å². The molecule has 0 bridgehead atoms. The molecule has 0 amide bonds. The second kappa shape index (κ2) is 7.73. The zero-order chi connectivity index (χ0) is 14.3. The highest BCUT2D eigenvalue weighted by Gasteiger charge is 2.33. The van der Waals surface area contributed by atoms with Gasteiger partial charge in [-0.3, -0.25) is 4.79 Å². The van der Waals surface area contributed by atoms with E-state index in [-0.39, 0.29) is 11.5 Å². The van der Waals surface area contributed by atoms with Crippen LogP contribution in [-0.2, 0) is 4.79 Å². The average molecular weight is 253 g/mol. The Morgan fingerprint density at radius 1 is 1.22 bits per heavy atom. The highest BCUT2D eigenvalue weighted by molar-refractivity contribution is 5.89. The van der Waals surface area contributed by atoms with Crippen molar-refractivity contribution in [2.75, 3.05) is 0 Å². The number of unbranched alkanes of at least 4 members (excludes halogenated alkanes) is 1. The Morgan fingerprint density at radius 3 is 2.17 bits per heavy atom. The van der Waals surface area contributed by atoms with E-state index in [0.717, 1.165) is 19.3 Å². The van der Waals surface area contributed by atoms with Crippen molar-refractivity contribution in [1.29, 1.82) is 0 Å². The van der Waals surface area contributed by atoms with E-state index in [1.165, 1.54) is 5.57 Å². The first-order chi connectivity index (χ1) is 8.19. The summed E-state index contributed by atoms with van der Waals surface area (Å²) in [5.74, 6) is 0.415. The maximum atomic E-state index is 12.4. The maximum Gasteiger partial charge on any atom is 0.155 e. The molecule has 0 radical (unpaired) electrons. The highest BCUT2D eigenvalue weighted by Crippen LogP contribution is 2.20. The van der Waals surface area contributed by atoms with Crippen LogP contribution in [0.3, 0.4) is 0 Å². The van der Waals surface area contributed by atoms with E-state index in [0.29, 0.717) is 11.8 Å². The summed E-state index contributed by atoms with van der Waals surface area (Å²) >= 11 is 0. The summed E-state index contributed by atoms with van der Waals surface area (Å²) in [6.45, 7) is 14.5. The van der Waals surface area contributed by atoms with Crippen LogP contribution in [0.25, 0.3) is 0 Å². The normalized spacial score (nSPS) is 14.7. The molecule has 0 aliphatic rings. The first kappa shape index (κ1) is 17.4. The Morgan fingerprint density at radius 2 is 1.78 bits per heavy atom. The minimum atomic E-state index is -0.377. The van der Waals surface area contributed by atoms with Crippen LogP contribution in [-0.4, -0.2) is 17.4 Å². The van der Waals surface area contributed by atoms with Gasteiger partial charge in [-0.15, -0.1) is 0 Å². The second-order valence-corrected chi connectivity index (χ2v) is 6.32. The molecule has 1 N–H and O–H groups in total. The number of carbonyl (C=O) groups is 1. The molecule has 2 heteroatoms. The molecular formula is C16H31NO. The van der Waals surface area contributed by atoms with E-state index >= 15 is 0 Å². The molecule has 2 nitrogen and oxygen atoms in total. The molecule has 0 fully saturated rings. The number of carbonyl (C=O) groups excluding carboxylic acids is 1. The topological polar surface area (TPSA) is 29.1 Å². The Hall–Kier alpha value is -0.630. The zero-order valence-corrected chi connectivity index (χ0v) is 13.3. The van der Waals surface area contributed by atoms with Gasteiger partial charge in [0.1, 0.15) is 0 Å². The van der Waals surface area contributed by atoms with Crippen LogP contribution in [0.1, 0.15) is 67.7 Å². The van der Waals surface area contributed by atoms with Crippen molar-refractivity contribution < 1.29 is 4.79 Å². The molecule has 0 unspecified atom stereocenters. The molecule has 0 aromatic heterocycles. The zero-order valence-electron chi connectivity index (χ0n) is 13.3. The lowest BCUT2D eigenvalue weighted by molar-refractivity contribution is -0.128. The molecule has 0 aliphatic heterocycles. The summed E-state index contributed by atoms with van der Waals surface area (Å²) in [6.07, 6.45) is 5.27. The van der Waals surface area contributed by atoms with E-state index in [1.54, 1.807) is 0 Å². The monoisotopic (exact) mass is 253 g/mol. The summed E-state index contributed by atoms with van der Waals surface area (Å²) in [7, 11) is 0. The van der Waals surface area contributed by atoms with E-state index in [1.807, 2.05) is 13.8 Å². The van der Waals surface area contributed by atoms with Crippen LogP contribution < -0.4 is 5.32 Å². The third-order valence-electron chi connectivity index (χ3n) is 3.11. The molecule has 0 aliphatic carbocycles. The van der Waals surface area contributed by atoms with Crippen LogP contribution >= 0.6 is 0 Å². The molecule has 0 spiro atoms. The Balaban J connectivity index is 4.58. The van der Waals surface area contributed by atoms with Crippen molar-refractivity contribution in [3.05, 3.63) is 11.6 Å². The molecule has 18 heavy (non-hydrogen) atoms. The number of ketones is 1. The average Bonchev–Trinajstić information content (AvgIpc) is 2.22. The van der Waals surface area contributed by atoms with Gasteiger partial charge in [-0.05, 0) is 53.9 Å². The standard InChI is InChI=1S/C16H31NO/c1-12(2)10-8-9-11-16(7,17-14(5)6)15(18)13(3)4/h10,13-14,17H,8-9,11H2,1-7H3/t16-/m0/s1. The summed E-state index contributed by atoms with van der Waals surface area (Å²) in [4.78, 5) is 12.4. The van der Waals surface area contributed by atoms with Crippen molar-refractivity contribution in [3.63, 3.8) is 0 Å². The molecule has 0 aromatic carbocycles. The molecule has 1 atom stereocenters. The predicted molar refractivity (Wildman–Crippen MR) is 79.8 cm³/mol. The molecule has 0 saturated carbocycles. The fraction of sp³-hybridized carbons (Fsp3) is 0.812. The minimum Gasteiger partial charge on any atom is -0.303 e. The fourth-order valence-electron chi connectivity index (χ4n) is 2.39. The summed E-state index contributed by atoms with van der Waals surface area (Å²) < 4.78 is 0. The predicted octanol–water partition coefficient (Wildman–Crippen LogP) is 4.10. The van der Waals surface area contributed by atoms with Crippen molar-refractivity contribution >= 4 is 5.78 Å². The van der Waals surface area contributed by atoms with Crippen LogP contribution in [0.4, 0.5) is 0 Å². The number of hydrogen-bond donors (Lipinski definition) is 1. The number of Topliss-reactive ketones (excluding diaryl/α,β-unsaturated/α-hetero) is 1. The lowest BCUT2D eigenvalue weighted by atomic mass is 9.84. The van der Waals surface area contributed by atoms with Gasteiger partial charge in [0.25, 0.3) is 0 Å². The lowest BCUT2D eigenvalue weighted by Gasteiger charge is -2.33. The molecule has 106 valence electrons. The van der Waals surface area contributed by atoms with Crippen molar-refractivity contribution in [3.8, 4) is 0 Å². The Bertz CT molecular complexity index is 287. The first-order valence-corrected chi connectivity index (χ1v) is 7.14. The molecule has 0 aromatic rings. The first-order valence-electron chi connectivity index (χ1n) is 7.14. The van der Waals surface area contributed by atoms with Crippen LogP contribution in [0, 0.1) is 5.92 Å². The number of rotatable bonds is 8. The Labute approximate surface area is 113 Å².